The molecule has 2 N–H and O–H groups in total. The molecule has 126 valence electrons. The van der Waals surface area contributed by atoms with Gasteiger partial charge in [0.15, 0.2) is 0 Å². The molecule has 0 aliphatic carbocycles. The maximum atomic E-state index is 13.4. The maximum absolute atomic E-state index is 13.4. The first-order chi connectivity index (χ1) is 11.6. The van der Waals surface area contributed by atoms with Gasteiger partial charge in [-0.15, -0.1) is 0 Å². The number of amides is 2. The van der Waals surface area contributed by atoms with Crippen LogP contribution in [0.2, 0.25) is 0 Å². The Balaban J connectivity index is 1.67. The molecule has 4 nitrogen and oxygen atoms in total. The molecule has 2 amide bonds. The monoisotopic (exact) mass is 368 g/mol. The molecule has 0 aliphatic rings. The molecule has 0 saturated heterocycles. The molecule has 0 heterocycles. The molecule has 24 heavy (non-hydrogen) atoms. The average molecular weight is 368 g/mol. The van der Waals surface area contributed by atoms with E-state index in [1.165, 1.54) is 36.4 Å². The van der Waals surface area contributed by atoms with Crippen molar-refractivity contribution in [3.8, 4) is 0 Å². The van der Waals surface area contributed by atoms with Gasteiger partial charge in [0.25, 0.3) is 0 Å². The third-order valence-electron chi connectivity index (χ3n) is 2.76. The quantitative estimate of drug-likeness (QED) is 0.574. The number of halogens is 2. The highest BCUT2D eigenvalue weighted by molar-refractivity contribution is 8.77. The Bertz CT molecular complexity index is 667. The first-order valence-corrected chi connectivity index (χ1v) is 9.38. The number of benzene rings is 2. The lowest BCUT2D eigenvalue weighted by Gasteiger charge is -2.07. The highest BCUT2D eigenvalue weighted by atomic mass is 33.1. The van der Waals surface area contributed by atoms with Crippen LogP contribution in [0.25, 0.3) is 0 Å². The minimum atomic E-state index is -0.507. The first kappa shape index (κ1) is 18.3. The van der Waals surface area contributed by atoms with Crippen molar-refractivity contribution in [2.45, 2.75) is 0 Å². The predicted octanol–water partition coefficient (Wildman–Crippen LogP) is 3.92. The van der Waals surface area contributed by atoms with Crippen molar-refractivity contribution in [2.75, 3.05) is 22.1 Å². The van der Waals surface area contributed by atoms with Crippen LogP contribution in [0.4, 0.5) is 20.2 Å². The van der Waals surface area contributed by atoms with E-state index in [2.05, 4.69) is 10.6 Å². The molecule has 0 saturated carbocycles. The van der Waals surface area contributed by atoms with E-state index in [9.17, 15) is 18.4 Å². The van der Waals surface area contributed by atoms with Crippen molar-refractivity contribution >= 4 is 44.8 Å². The van der Waals surface area contributed by atoms with Crippen molar-refractivity contribution in [1.29, 1.82) is 0 Å². The summed E-state index contributed by atoms with van der Waals surface area (Å²) >= 11 is 0. The molecule has 0 aromatic heterocycles. The van der Waals surface area contributed by atoms with Gasteiger partial charge in [0.05, 0.1) is 22.9 Å². The minimum absolute atomic E-state index is 0.0615. The molecular formula is C16H14F2N2O2S2. The molecule has 0 unspecified atom stereocenters. The Hall–Kier alpha value is -2.06. The molecule has 0 bridgehead atoms. The van der Waals surface area contributed by atoms with Crippen LogP contribution in [-0.4, -0.2) is 23.3 Å². The molecule has 8 heteroatoms. The zero-order chi connectivity index (χ0) is 17.4. The van der Waals surface area contributed by atoms with E-state index in [0.717, 1.165) is 21.6 Å². The topological polar surface area (TPSA) is 58.2 Å². The summed E-state index contributed by atoms with van der Waals surface area (Å²) in [7, 11) is 2.31. The molecule has 2 rings (SSSR count). The van der Waals surface area contributed by atoms with Gasteiger partial charge in [-0.05, 0) is 24.3 Å². The number of carbonyl (C=O) groups is 2. The van der Waals surface area contributed by atoms with Crippen LogP contribution in [0.3, 0.4) is 0 Å². The van der Waals surface area contributed by atoms with Crippen molar-refractivity contribution in [3.05, 3.63) is 60.2 Å². The van der Waals surface area contributed by atoms with Gasteiger partial charge in [0.2, 0.25) is 11.8 Å². The Labute approximate surface area is 145 Å². The number of carbonyl (C=O) groups excluding carboxylic acids is 2. The van der Waals surface area contributed by atoms with E-state index in [1.54, 1.807) is 12.1 Å². The molecule has 0 fully saturated rings. The Morgan fingerprint density at radius 3 is 1.50 bits per heavy atom. The summed E-state index contributed by atoms with van der Waals surface area (Å²) in [4.78, 5) is 23.4. The van der Waals surface area contributed by atoms with Crippen LogP contribution in [0.1, 0.15) is 0 Å². The van der Waals surface area contributed by atoms with Crippen LogP contribution in [0.15, 0.2) is 48.5 Å². The fourth-order valence-corrected chi connectivity index (χ4v) is 3.36. The highest BCUT2D eigenvalue weighted by Gasteiger charge is 2.09. The summed E-state index contributed by atoms with van der Waals surface area (Å²) in [5.41, 5.74) is 0.232. The van der Waals surface area contributed by atoms with E-state index in [4.69, 9.17) is 0 Å². The van der Waals surface area contributed by atoms with Gasteiger partial charge in [-0.2, -0.15) is 0 Å². The SMILES string of the molecule is O=C(CSSCC(=O)Nc1ccccc1F)Nc1ccccc1F. The molecule has 0 spiro atoms. The van der Waals surface area contributed by atoms with Gasteiger partial charge in [0.1, 0.15) is 11.6 Å². The maximum Gasteiger partial charge on any atom is 0.235 e. The lowest BCUT2D eigenvalue weighted by atomic mass is 10.3. The van der Waals surface area contributed by atoms with Gasteiger partial charge in [-0.25, -0.2) is 8.78 Å². The summed E-state index contributed by atoms with van der Waals surface area (Å²) in [6.45, 7) is 0. The largest absolute Gasteiger partial charge is 0.323 e. The summed E-state index contributed by atoms with van der Waals surface area (Å²) in [6, 6.07) is 11.7. The first-order valence-electron chi connectivity index (χ1n) is 6.89. The van der Waals surface area contributed by atoms with Crippen molar-refractivity contribution in [3.63, 3.8) is 0 Å². The average Bonchev–Trinajstić information content (AvgIpc) is 2.56. The molecule has 0 radical (unpaired) electrons. The summed E-state index contributed by atoms with van der Waals surface area (Å²) < 4.78 is 26.7. The summed E-state index contributed by atoms with van der Waals surface area (Å²) in [5, 5.41) is 4.89. The van der Waals surface area contributed by atoms with Crippen molar-refractivity contribution < 1.29 is 18.4 Å². The second kappa shape index (κ2) is 9.29. The smallest absolute Gasteiger partial charge is 0.235 e. The number of rotatable bonds is 7. The third-order valence-corrected chi connectivity index (χ3v) is 4.89. The molecule has 2 aromatic carbocycles. The van der Waals surface area contributed by atoms with Crippen LogP contribution in [0, 0.1) is 11.6 Å². The highest BCUT2D eigenvalue weighted by Crippen LogP contribution is 2.22. The fraction of sp³-hybridized carbons (Fsp3) is 0.125. The molecule has 0 atom stereocenters. The number of nitrogens with one attached hydrogen (secondary N) is 2. The third kappa shape index (κ3) is 5.86. The lowest BCUT2D eigenvalue weighted by molar-refractivity contribution is -0.114. The molecule has 0 aliphatic heterocycles. The number of anilines is 2. The van der Waals surface area contributed by atoms with E-state index in [0.29, 0.717) is 0 Å². The minimum Gasteiger partial charge on any atom is -0.323 e. The number of hydrogen-bond donors (Lipinski definition) is 2. The van der Waals surface area contributed by atoms with Gasteiger partial charge < -0.3 is 10.6 Å². The van der Waals surface area contributed by atoms with Crippen LogP contribution >= 0.6 is 21.6 Å². The molecule has 2 aromatic rings. The van der Waals surface area contributed by atoms with E-state index in [1.807, 2.05) is 0 Å². The van der Waals surface area contributed by atoms with E-state index < -0.39 is 11.6 Å². The predicted molar refractivity (Wildman–Crippen MR) is 95.0 cm³/mol. The number of hydrogen-bond acceptors (Lipinski definition) is 4. The zero-order valence-electron chi connectivity index (χ0n) is 12.4. The second-order valence-corrected chi connectivity index (χ2v) is 7.04. The number of para-hydroxylation sites is 2. The Morgan fingerprint density at radius 1 is 0.750 bits per heavy atom. The van der Waals surface area contributed by atoms with Crippen molar-refractivity contribution in [2.24, 2.45) is 0 Å². The lowest BCUT2D eigenvalue weighted by Crippen LogP contribution is -2.16. The Morgan fingerprint density at radius 2 is 1.12 bits per heavy atom. The van der Waals surface area contributed by atoms with Crippen molar-refractivity contribution in [1.82, 2.24) is 0 Å². The van der Waals surface area contributed by atoms with E-state index in [-0.39, 0.29) is 34.7 Å². The van der Waals surface area contributed by atoms with Crippen LogP contribution < -0.4 is 10.6 Å². The van der Waals surface area contributed by atoms with Crippen LogP contribution in [-0.2, 0) is 9.59 Å². The fourth-order valence-electron chi connectivity index (χ4n) is 1.69. The summed E-state index contributed by atoms with van der Waals surface area (Å²) in [6.07, 6.45) is 0. The van der Waals surface area contributed by atoms with Gasteiger partial charge in [0, 0.05) is 0 Å². The van der Waals surface area contributed by atoms with Gasteiger partial charge in [-0.1, -0.05) is 45.9 Å². The normalized spacial score (nSPS) is 10.2. The molecular weight excluding hydrogens is 354 g/mol. The van der Waals surface area contributed by atoms with Gasteiger partial charge >= 0.3 is 0 Å². The van der Waals surface area contributed by atoms with Gasteiger partial charge in [-0.3, -0.25) is 9.59 Å². The standard InChI is InChI=1S/C16H14F2N2O2S2/c17-11-5-1-3-7-13(11)19-15(21)9-23-24-10-16(22)20-14-8-4-2-6-12(14)18/h1-8H,9-10H2,(H,19,21)(H,20,22). The Kier molecular flexibility index (Phi) is 7.07. The summed E-state index contributed by atoms with van der Waals surface area (Å²) in [5.74, 6) is -1.63. The van der Waals surface area contributed by atoms with Crippen LogP contribution in [0.5, 0.6) is 0 Å². The van der Waals surface area contributed by atoms with E-state index >= 15 is 0 Å². The zero-order valence-corrected chi connectivity index (χ0v) is 14.1. The second-order valence-electron chi connectivity index (χ2n) is 4.58.